The van der Waals surface area contributed by atoms with E-state index in [1.165, 1.54) is 0 Å². The van der Waals surface area contributed by atoms with E-state index >= 15 is 0 Å². The van der Waals surface area contributed by atoms with Gasteiger partial charge in [-0.25, -0.2) is 0 Å². The number of guanidine groups is 1. The minimum Gasteiger partial charge on any atom is -0.383 e. The first kappa shape index (κ1) is 20.7. The number of halogens is 2. The molecule has 0 saturated carbocycles. The molecule has 0 aliphatic rings. The van der Waals surface area contributed by atoms with Gasteiger partial charge in [0.25, 0.3) is 0 Å². The first-order valence-electron chi connectivity index (χ1n) is 7.25. The third-order valence-electron chi connectivity index (χ3n) is 3.02. The summed E-state index contributed by atoms with van der Waals surface area (Å²) in [5.41, 5.74) is 0.870. The minimum atomic E-state index is 0. The molecule has 0 atom stereocenters. The molecule has 24 heavy (non-hydrogen) atoms. The molecular formula is C15H21ClIN5O2. The lowest BCUT2D eigenvalue weighted by molar-refractivity contribution is 0.203. The zero-order valence-corrected chi connectivity index (χ0v) is 16.7. The Morgan fingerprint density at radius 1 is 1.25 bits per heavy atom. The van der Waals surface area contributed by atoms with E-state index in [-0.39, 0.29) is 24.0 Å². The third-order valence-corrected chi connectivity index (χ3v) is 3.28. The van der Waals surface area contributed by atoms with E-state index in [1.807, 2.05) is 12.1 Å². The van der Waals surface area contributed by atoms with Gasteiger partial charge in [0.2, 0.25) is 11.7 Å². The van der Waals surface area contributed by atoms with Crippen LogP contribution in [0.25, 0.3) is 11.4 Å². The summed E-state index contributed by atoms with van der Waals surface area (Å²) in [6, 6.07) is 7.31. The zero-order valence-electron chi connectivity index (χ0n) is 13.6. The average molecular weight is 466 g/mol. The number of nitrogens with zero attached hydrogens (tertiary/aromatic N) is 3. The topological polar surface area (TPSA) is 84.6 Å². The maximum atomic E-state index is 5.86. The Hall–Kier alpha value is -1.39. The first-order chi connectivity index (χ1) is 11.2. The Labute approximate surface area is 163 Å². The van der Waals surface area contributed by atoms with Gasteiger partial charge in [-0.2, -0.15) is 4.98 Å². The standard InChI is InChI=1S/C15H20ClN5O2.HI/c1-17-15(19-9-10-22-2)18-8-7-13-20-14(21-23-13)11-3-5-12(16)6-4-11;/h3-6H,7-10H2,1-2H3,(H2,17,18,19);1H. The van der Waals surface area contributed by atoms with Crippen LogP contribution in [0.5, 0.6) is 0 Å². The van der Waals surface area contributed by atoms with Crippen molar-refractivity contribution in [2.24, 2.45) is 4.99 Å². The number of methoxy groups -OCH3 is 1. The van der Waals surface area contributed by atoms with Gasteiger partial charge in [0.05, 0.1) is 6.61 Å². The number of benzene rings is 1. The number of aromatic nitrogens is 2. The number of ether oxygens (including phenoxy) is 1. The first-order valence-corrected chi connectivity index (χ1v) is 7.62. The molecule has 0 bridgehead atoms. The fourth-order valence-corrected chi connectivity index (χ4v) is 1.98. The number of hydrogen-bond donors (Lipinski definition) is 2. The number of hydrogen-bond acceptors (Lipinski definition) is 5. The van der Waals surface area contributed by atoms with Gasteiger partial charge in [-0.3, -0.25) is 4.99 Å². The molecule has 0 amide bonds. The van der Waals surface area contributed by atoms with E-state index in [0.717, 1.165) is 5.56 Å². The Bertz CT molecular complexity index is 633. The second kappa shape index (κ2) is 11.2. The molecule has 0 aliphatic heterocycles. The van der Waals surface area contributed by atoms with E-state index in [9.17, 15) is 0 Å². The largest absolute Gasteiger partial charge is 0.383 e. The molecule has 0 fully saturated rings. The molecule has 0 radical (unpaired) electrons. The molecule has 0 spiro atoms. The molecule has 132 valence electrons. The van der Waals surface area contributed by atoms with Gasteiger partial charge in [0, 0.05) is 44.3 Å². The molecule has 7 nitrogen and oxygen atoms in total. The highest BCUT2D eigenvalue weighted by Crippen LogP contribution is 2.18. The Kier molecular flexibility index (Phi) is 9.65. The van der Waals surface area contributed by atoms with Crippen molar-refractivity contribution < 1.29 is 9.26 Å². The smallest absolute Gasteiger partial charge is 0.228 e. The fourth-order valence-electron chi connectivity index (χ4n) is 1.85. The van der Waals surface area contributed by atoms with Crippen LogP contribution in [0.15, 0.2) is 33.8 Å². The summed E-state index contributed by atoms with van der Waals surface area (Å²) in [4.78, 5) is 8.48. The third kappa shape index (κ3) is 6.62. The maximum Gasteiger partial charge on any atom is 0.228 e. The van der Waals surface area contributed by atoms with Crippen LogP contribution in [0.3, 0.4) is 0 Å². The molecule has 2 aromatic rings. The van der Waals surface area contributed by atoms with Crippen LogP contribution in [-0.4, -0.2) is 50.0 Å². The lowest BCUT2D eigenvalue weighted by Crippen LogP contribution is -2.39. The zero-order chi connectivity index (χ0) is 16.5. The molecular weight excluding hydrogens is 445 g/mol. The lowest BCUT2D eigenvalue weighted by Gasteiger charge is -2.10. The maximum absolute atomic E-state index is 5.86. The minimum absolute atomic E-state index is 0. The molecule has 9 heteroatoms. The number of rotatable bonds is 7. The highest BCUT2D eigenvalue weighted by Gasteiger charge is 2.08. The quantitative estimate of drug-likeness (QED) is 0.283. The molecule has 1 aromatic carbocycles. The normalized spacial score (nSPS) is 11.0. The van der Waals surface area contributed by atoms with Crippen molar-refractivity contribution in [3.63, 3.8) is 0 Å². The van der Waals surface area contributed by atoms with E-state index in [1.54, 1.807) is 26.3 Å². The molecule has 0 saturated heterocycles. The Morgan fingerprint density at radius 3 is 2.62 bits per heavy atom. The van der Waals surface area contributed by atoms with Crippen LogP contribution < -0.4 is 10.6 Å². The fraction of sp³-hybridized carbons (Fsp3) is 0.400. The van der Waals surface area contributed by atoms with Crippen LogP contribution in [0.2, 0.25) is 5.02 Å². The van der Waals surface area contributed by atoms with Gasteiger partial charge >= 0.3 is 0 Å². The van der Waals surface area contributed by atoms with Crippen molar-refractivity contribution in [1.29, 1.82) is 0 Å². The van der Waals surface area contributed by atoms with E-state index < -0.39 is 0 Å². The van der Waals surface area contributed by atoms with Gasteiger partial charge in [-0.05, 0) is 24.3 Å². The molecule has 1 aromatic heterocycles. The van der Waals surface area contributed by atoms with Gasteiger partial charge in [-0.15, -0.1) is 24.0 Å². The van der Waals surface area contributed by atoms with Crippen LogP contribution in [0.1, 0.15) is 5.89 Å². The lowest BCUT2D eigenvalue weighted by atomic mass is 10.2. The number of aliphatic imine (C=N–C) groups is 1. The van der Waals surface area contributed by atoms with Gasteiger partial charge < -0.3 is 19.9 Å². The summed E-state index contributed by atoms with van der Waals surface area (Å²) in [6.45, 7) is 1.95. The second-order valence-electron chi connectivity index (χ2n) is 4.69. The van der Waals surface area contributed by atoms with E-state index in [4.69, 9.17) is 20.9 Å². The molecule has 2 rings (SSSR count). The van der Waals surface area contributed by atoms with Crippen molar-refractivity contribution in [2.75, 3.05) is 33.9 Å². The van der Waals surface area contributed by atoms with Crippen LogP contribution in [0.4, 0.5) is 0 Å². The highest BCUT2D eigenvalue weighted by molar-refractivity contribution is 14.0. The van der Waals surface area contributed by atoms with Crippen molar-refractivity contribution in [1.82, 2.24) is 20.8 Å². The van der Waals surface area contributed by atoms with Crippen LogP contribution >= 0.6 is 35.6 Å². The number of nitrogens with one attached hydrogen (secondary N) is 2. The SMILES string of the molecule is CN=C(NCCOC)NCCc1nc(-c2ccc(Cl)cc2)no1.I. The summed E-state index contributed by atoms with van der Waals surface area (Å²) < 4.78 is 10.2. The molecule has 0 unspecified atom stereocenters. The van der Waals surface area contributed by atoms with Crippen LogP contribution in [-0.2, 0) is 11.2 Å². The average Bonchev–Trinajstić information content (AvgIpc) is 3.03. The molecule has 1 heterocycles. The van der Waals surface area contributed by atoms with Gasteiger partial charge in [0.15, 0.2) is 5.96 Å². The predicted molar refractivity (Wildman–Crippen MR) is 105 cm³/mol. The monoisotopic (exact) mass is 465 g/mol. The summed E-state index contributed by atoms with van der Waals surface area (Å²) in [5, 5.41) is 10.9. The van der Waals surface area contributed by atoms with Crippen molar-refractivity contribution >= 4 is 41.5 Å². The summed E-state index contributed by atoms with van der Waals surface area (Å²) >= 11 is 5.86. The predicted octanol–water partition coefficient (Wildman–Crippen LogP) is 2.36. The van der Waals surface area contributed by atoms with Gasteiger partial charge in [0.1, 0.15) is 0 Å². The van der Waals surface area contributed by atoms with Crippen LogP contribution in [0, 0.1) is 0 Å². The summed E-state index contributed by atoms with van der Waals surface area (Å²) in [7, 11) is 3.37. The summed E-state index contributed by atoms with van der Waals surface area (Å²) in [5.74, 6) is 1.83. The Balaban J connectivity index is 0.00000288. The second-order valence-corrected chi connectivity index (χ2v) is 5.12. The van der Waals surface area contributed by atoms with Crippen molar-refractivity contribution in [3.05, 3.63) is 35.2 Å². The van der Waals surface area contributed by atoms with Crippen molar-refractivity contribution in [2.45, 2.75) is 6.42 Å². The van der Waals surface area contributed by atoms with E-state index in [0.29, 0.717) is 48.8 Å². The molecule has 2 N–H and O–H groups in total. The molecule has 0 aliphatic carbocycles. The summed E-state index contributed by atoms with van der Waals surface area (Å²) in [6.07, 6.45) is 0.603. The van der Waals surface area contributed by atoms with Crippen molar-refractivity contribution in [3.8, 4) is 11.4 Å². The van der Waals surface area contributed by atoms with Gasteiger partial charge in [-0.1, -0.05) is 16.8 Å². The Morgan fingerprint density at radius 2 is 1.96 bits per heavy atom. The highest BCUT2D eigenvalue weighted by atomic mass is 127. The van der Waals surface area contributed by atoms with E-state index in [2.05, 4.69) is 25.8 Å².